The molecule has 0 aliphatic rings. The largest absolute Gasteiger partial charge is 0.355 e. The van der Waals surface area contributed by atoms with Gasteiger partial charge in [0.25, 0.3) is 15.9 Å². The quantitative estimate of drug-likeness (QED) is 0.611. The first-order valence-corrected chi connectivity index (χ1v) is 10.4. The molecule has 0 unspecified atom stereocenters. The molecule has 1 N–H and O–H groups in total. The minimum atomic E-state index is -3.64. The third-order valence-electron chi connectivity index (χ3n) is 3.69. The van der Waals surface area contributed by atoms with Crippen LogP contribution in [0.2, 0.25) is 0 Å². The number of benzene rings is 1. The average molecular weight is 406 g/mol. The first-order valence-electron chi connectivity index (χ1n) is 8.11. The molecule has 0 radical (unpaired) electrons. The van der Waals surface area contributed by atoms with Gasteiger partial charge in [0.15, 0.2) is 5.82 Å². The number of hydrogen-bond acceptors (Lipinski definition) is 7. The standard InChI is InChI=1S/C17H18N4O4S2/c1-21(27(23,24)16-8-5-11-26-16)12-15(22)18-10-9-14-19-17(25-20-14)13-6-3-2-4-7-13/h2-8,11H,9-10,12H2,1H3,(H,18,22). The third-order valence-corrected chi connectivity index (χ3v) is 6.86. The first kappa shape index (κ1) is 19.2. The van der Waals surface area contributed by atoms with E-state index in [1.54, 1.807) is 11.4 Å². The van der Waals surface area contributed by atoms with Crippen molar-refractivity contribution in [1.82, 2.24) is 19.8 Å². The fourth-order valence-electron chi connectivity index (χ4n) is 2.27. The van der Waals surface area contributed by atoms with Gasteiger partial charge in [-0.25, -0.2) is 8.42 Å². The number of aromatic nitrogens is 2. The highest BCUT2D eigenvalue weighted by atomic mass is 32.2. The molecule has 1 amide bonds. The second-order valence-corrected chi connectivity index (χ2v) is 8.89. The van der Waals surface area contributed by atoms with Crippen molar-refractivity contribution in [2.24, 2.45) is 0 Å². The van der Waals surface area contributed by atoms with E-state index in [1.165, 1.54) is 13.1 Å². The molecule has 0 saturated heterocycles. The highest BCUT2D eigenvalue weighted by molar-refractivity contribution is 7.91. The molecule has 8 nitrogen and oxygen atoms in total. The van der Waals surface area contributed by atoms with E-state index in [9.17, 15) is 13.2 Å². The zero-order chi connectivity index (χ0) is 19.3. The van der Waals surface area contributed by atoms with Crippen LogP contribution >= 0.6 is 11.3 Å². The van der Waals surface area contributed by atoms with Crippen molar-refractivity contribution in [3.8, 4) is 11.5 Å². The van der Waals surface area contributed by atoms with E-state index in [-0.39, 0.29) is 17.3 Å². The molecule has 0 aliphatic heterocycles. The molecule has 0 spiro atoms. The lowest BCUT2D eigenvalue weighted by Gasteiger charge is -2.15. The second-order valence-electron chi connectivity index (χ2n) is 5.67. The van der Waals surface area contributed by atoms with Gasteiger partial charge in [0.05, 0.1) is 6.54 Å². The highest BCUT2D eigenvalue weighted by Gasteiger charge is 2.23. The van der Waals surface area contributed by atoms with Crippen LogP contribution in [0.3, 0.4) is 0 Å². The lowest BCUT2D eigenvalue weighted by molar-refractivity contribution is -0.121. The van der Waals surface area contributed by atoms with E-state index in [4.69, 9.17) is 4.52 Å². The van der Waals surface area contributed by atoms with Gasteiger partial charge in [-0.15, -0.1) is 11.3 Å². The third kappa shape index (κ3) is 4.79. The summed E-state index contributed by atoms with van der Waals surface area (Å²) in [7, 11) is -2.27. The summed E-state index contributed by atoms with van der Waals surface area (Å²) in [6, 6.07) is 12.5. The Hall–Kier alpha value is -2.56. The average Bonchev–Trinajstić information content (AvgIpc) is 3.35. The Morgan fingerprint density at radius 3 is 2.70 bits per heavy atom. The van der Waals surface area contributed by atoms with Crippen molar-refractivity contribution >= 4 is 27.3 Å². The predicted octanol–water partition coefficient (Wildman–Crippen LogP) is 1.78. The molecular formula is C17H18N4O4S2. The molecule has 3 aromatic rings. The maximum Gasteiger partial charge on any atom is 0.257 e. The van der Waals surface area contributed by atoms with E-state index in [1.807, 2.05) is 30.3 Å². The van der Waals surface area contributed by atoms with E-state index in [0.717, 1.165) is 21.2 Å². The molecule has 0 fully saturated rings. The molecule has 3 rings (SSSR count). The highest BCUT2D eigenvalue weighted by Crippen LogP contribution is 2.19. The topological polar surface area (TPSA) is 105 Å². The summed E-state index contributed by atoms with van der Waals surface area (Å²) in [6.07, 6.45) is 0.378. The normalized spacial score (nSPS) is 11.6. The number of likely N-dealkylation sites (N-methyl/N-ethyl adjacent to an activating group) is 1. The predicted molar refractivity (Wildman–Crippen MR) is 101 cm³/mol. The van der Waals surface area contributed by atoms with Crippen molar-refractivity contribution in [3.63, 3.8) is 0 Å². The molecule has 2 aromatic heterocycles. The van der Waals surface area contributed by atoms with Crippen LogP contribution in [0.25, 0.3) is 11.5 Å². The maximum atomic E-state index is 12.3. The van der Waals surface area contributed by atoms with Crippen molar-refractivity contribution in [2.45, 2.75) is 10.6 Å². The maximum absolute atomic E-state index is 12.3. The van der Waals surface area contributed by atoms with Gasteiger partial charge < -0.3 is 9.84 Å². The minimum Gasteiger partial charge on any atom is -0.355 e. The van der Waals surface area contributed by atoms with Gasteiger partial charge in [-0.1, -0.05) is 29.4 Å². The summed E-state index contributed by atoms with van der Waals surface area (Å²) in [5.41, 5.74) is 0.820. The SMILES string of the molecule is CN(CC(=O)NCCc1noc(-c2ccccc2)n1)S(=O)(=O)c1cccs1. The van der Waals surface area contributed by atoms with Crippen LogP contribution in [-0.2, 0) is 21.2 Å². The monoisotopic (exact) mass is 406 g/mol. The Labute approximate surface area is 160 Å². The summed E-state index contributed by atoms with van der Waals surface area (Å²) in [5.74, 6) is 0.483. The van der Waals surface area contributed by atoms with Gasteiger partial charge in [-0.2, -0.15) is 9.29 Å². The minimum absolute atomic E-state index is 0.207. The lowest BCUT2D eigenvalue weighted by Crippen LogP contribution is -2.38. The van der Waals surface area contributed by atoms with E-state index < -0.39 is 15.9 Å². The van der Waals surface area contributed by atoms with E-state index in [2.05, 4.69) is 15.5 Å². The number of thiophene rings is 1. The molecule has 2 heterocycles. The molecule has 10 heteroatoms. The summed E-state index contributed by atoms with van der Waals surface area (Å²) in [6.45, 7) is 0.0151. The second kappa shape index (κ2) is 8.42. The summed E-state index contributed by atoms with van der Waals surface area (Å²) in [5, 5.41) is 8.22. The number of nitrogens with zero attached hydrogens (tertiary/aromatic N) is 3. The van der Waals surface area contributed by atoms with Crippen LogP contribution in [0.5, 0.6) is 0 Å². The van der Waals surface area contributed by atoms with Gasteiger partial charge in [-0.05, 0) is 23.6 Å². The molecule has 0 saturated carbocycles. The Bertz CT molecular complexity index is 985. The molecule has 0 atom stereocenters. The van der Waals surface area contributed by atoms with Crippen LogP contribution in [0.15, 0.2) is 56.6 Å². The van der Waals surface area contributed by atoms with Crippen LogP contribution < -0.4 is 5.32 Å². The molecule has 1 aromatic carbocycles. The number of nitrogens with one attached hydrogen (secondary N) is 1. The van der Waals surface area contributed by atoms with Crippen LogP contribution in [0.1, 0.15) is 5.82 Å². The van der Waals surface area contributed by atoms with Crippen LogP contribution in [0.4, 0.5) is 0 Å². The molecule has 0 bridgehead atoms. The Morgan fingerprint density at radius 1 is 1.22 bits per heavy atom. The van der Waals surface area contributed by atoms with Gasteiger partial charge in [0.1, 0.15) is 4.21 Å². The zero-order valence-corrected chi connectivity index (χ0v) is 16.2. The Kier molecular flexibility index (Phi) is 5.99. The zero-order valence-electron chi connectivity index (χ0n) is 14.5. The van der Waals surface area contributed by atoms with Crippen molar-refractivity contribution < 1.29 is 17.7 Å². The number of carbonyl (C=O) groups excluding carboxylic acids is 1. The molecule has 27 heavy (non-hydrogen) atoms. The van der Waals surface area contributed by atoms with Gasteiger partial charge in [-0.3, -0.25) is 4.79 Å². The summed E-state index contributed by atoms with van der Waals surface area (Å²) in [4.78, 5) is 16.3. The fraction of sp³-hybridized carbons (Fsp3) is 0.235. The van der Waals surface area contributed by atoms with Crippen molar-refractivity contribution in [3.05, 3.63) is 53.7 Å². The van der Waals surface area contributed by atoms with Gasteiger partial charge >= 0.3 is 0 Å². The van der Waals surface area contributed by atoms with Gasteiger partial charge in [0, 0.05) is 25.6 Å². The van der Waals surface area contributed by atoms with Gasteiger partial charge in [0.2, 0.25) is 5.91 Å². The number of carbonyl (C=O) groups is 1. The lowest BCUT2D eigenvalue weighted by atomic mass is 10.2. The smallest absolute Gasteiger partial charge is 0.257 e. The number of sulfonamides is 1. The number of rotatable bonds is 8. The first-order chi connectivity index (χ1) is 13.0. The number of hydrogen-bond donors (Lipinski definition) is 1. The van der Waals surface area contributed by atoms with E-state index >= 15 is 0 Å². The Balaban J connectivity index is 1.48. The summed E-state index contributed by atoms with van der Waals surface area (Å²) < 4.78 is 31.0. The Morgan fingerprint density at radius 2 is 2.00 bits per heavy atom. The molecular weight excluding hydrogens is 388 g/mol. The van der Waals surface area contributed by atoms with Crippen LogP contribution in [0, 0.1) is 0 Å². The van der Waals surface area contributed by atoms with E-state index in [0.29, 0.717) is 18.1 Å². The number of amides is 1. The van der Waals surface area contributed by atoms with Crippen molar-refractivity contribution in [2.75, 3.05) is 20.1 Å². The van der Waals surface area contributed by atoms with Crippen molar-refractivity contribution in [1.29, 1.82) is 0 Å². The van der Waals surface area contributed by atoms with Crippen LogP contribution in [-0.4, -0.2) is 48.9 Å². The molecule has 142 valence electrons. The summed E-state index contributed by atoms with van der Waals surface area (Å²) >= 11 is 1.11. The molecule has 0 aliphatic carbocycles. The fourth-order valence-corrected chi connectivity index (χ4v) is 4.60.